The number of nitrogens with two attached hydrogens (primary N) is 1. The Bertz CT molecular complexity index is 541. The SMILES string of the molecule is CCC(C)(C)N(C)S(=O)(=O)c1ccc(Br)cc1N. The van der Waals surface area contributed by atoms with Crippen molar-refractivity contribution in [1.82, 2.24) is 4.31 Å². The second-order valence-electron chi connectivity index (χ2n) is 4.82. The van der Waals surface area contributed by atoms with Crippen molar-refractivity contribution in [2.75, 3.05) is 12.8 Å². The highest BCUT2D eigenvalue weighted by atomic mass is 79.9. The third-order valence-corrected chi connectivity index (χ3v) is 5.96. The van der Waals surface area contributed by atoms with E-state index in [-0.39, 0.29) is 10.6 Å². The van der Waals surface area contributed by atoms with Crippen LogP contribution in [-0.4, -0.2) is 25.3 Å². The minimum atomic E-state index is -3.57. The number of anilines is 1. The summed E-state index contributed by atoms with van der Waals surface area (Å²) < 4.78 is 27.1. The van der Waals surface area contributed by atoms with Crippen molar-refractivity contribution in [3.05, 3.63) is 22.7 Å². The van der Waals surface area contributed by atoms with Crippen LogP contribution in [0.2, 0.25) is 0 Å². The van der Waals surface area contributed by atoms with Gasteiger partial charge in [0, 0.05) is 17.1 Å². The quantitative estimate of drug-likeness (QED) is 0.861. The van der Waals surface area contributed by atoms with Crippen molar-refractivity contribution in [3.8, 4) is 0 Å². The average Bonchev–Trinajstić information content (AvgIpc) is 2.27. The number of rotatable bonds is 4. The maximum atomic E-state index is 12.5. The van der Waals surface area contributed by atoms with Gasteiger partial charge in [-0.3, -0.25) is 0 Å². The molecule has 0 heterocycles. The van der Waals surface area contributed by atoms with Gasteiger partial charge in [0.1, 0.15) is 4.90 Å². The minimum Gasteiger partial charge on any atom is -0.398 e. The lowest BCUT2D eigenvalue weighted by Crippen LogP contribution is -2.44. The van der Waals surface area contributed by atoms with Gasteiger partial charge < -0.3 is 5.73 Å². The third kappa shape index (κ3) is 2.87. The predicted molar refractivity (Wildman–Crippen MR) is 77.9 cm³/mol. The van der Waals surface area contributed by atoms with Crippen LogP contribution in [0.25, 0.3) is 0 Å². The Morgan fingerprint density at radius 2 is 1.94 bits per heavy atom. The lowest BCUT2D eigenvalue weighted by atomic mass is 10.0. The van der Waals surface area contributed by atoms with Gasteiger partial charge in [-0.2, -0.15) is 4.31 Å². The number of nitrogen functional groups attached to an aromatic ring is 1. The molecule has 4 nitrogen and oxygen atoms in total. The van der Waals surface area contributed by atoms with Crippen LogP contribution in [0.15, 0.2) is 27.6 Å². The molecule has 0 bridgehead atoms. The third-order valence-electron chi connectivity index (χ3n) is 3.33. The molecule has 1 aromatic rings. The molecule has 0 saturated heterocycles. The van der Waals surface area contributed by atoms with E-state index in [0.717, 1.165) is 10.9 Å². The molecule has 0 spiro atoms. The maximum Gasteiger partial charge on any atom is 0.245 e. The molecule has 0 aliphatic rings. The van der Waals surface area contributed by atoms with Gasteiger partial charge in [0.05, 0.1) is 5.69 Å². The predicted octanol–water partition coefficient (Wildman–Crippen LogP) is 2.84. The molecule has 6 heteroatoms. The molecule has 0 aromatic heterocycles. The van der Waals surface area contributed by atoms with E-state index in [1.165, 1.54) is 10.4 Å². The maximum absolute atomic E-state index is 12.5. The van der Waals surface area contributed by atoms with Crippen LogP contribution >= 0.6 is 15.9 Å². The summed E-state index contributed by atoms with van der Waals surface area (Å²) in [7, 11) is -1.99. The summed E-state index contributed by atoms with van der Waals surface area (Å²) in [6.45, 7) is 5.73. The summed E-state index contributed by atoms with van der Waals surface area (Å²) in [4.78, 5) is 0.148. The molecule has 0 unspecified atom stereocenters. The largest absolute Gasteiger partial charge is 0.398 e. The molecule has 0 saturated carbocycles. The van der Waals surface area contributed by atoms with E-state index < -0.39 is 15.6 Å². The van der Waals surface area contributed by atoms with Gasteiger partial charge in [-0.05, 0) is 38.5 Å². The Balaban J connectivity index is 3.30. The van der Waals surface area contributed by atoms with Crippen LogP contribution in [0.1, 0.15) is 27.2 Å². The molecule has 0 aliphatic heterocycles. The first kappa shape index (κ1) is 15.5. The van der Waals surface area contributed by atoms with Crippen molar-refractivity contribution < 1.29 is 8.42 Å². The second kappa shape index (κ2) is 5.19. The molecular weight excluding hydrogens is 316 g/mol. The van der Waals surface area contributed by atoms with Gasteiger partial charge in [-0.15, -0.1) is 0 Å². The summed E-state index contributed by atoms with van der Waals surface area (Å²) in [5.74, 6) is 0. The van der Waals surface area contributed by atoms with E-state index >= 15 is 0 Å². The summed E-state index contributed by atoms with van der Waals surface area (Å²) in [6, 6.07) is 4.80. The van der Waals surface area contributed by atoms with Gasteiger partial charge in [0.15, 0.2) is 0 Å². The highest BCUT2D eigenvalue weighted by Gasteiger charge is 2.33. The summed E-state index contributed by atoms with van der Waals surface area (Å²) in [6.07, 6.45) is 0.721. The molecule has 0 atom stereocenters. The van der Waals surface area contributed by atoms with Crippen molar-refractivity contribution in [2.45, 2.75) is 37.6 Å². The monoisotopic (exact) mass is 334 g/mol. The lowest BCUT2D eigenvalue weighted by Gasteiger charge is -2.33. The van der Waals surface area contributed by atoms with Crippen LogP contribution < -0.4 is 5.73 Å². The van der Waals surface area contributed by atoms with Crippen LogP contribution in [0.5, 0.6) is 0 Å². The van der Waals surface area contributed by atoms with Gasteiger partial charge in [-0.1, -0.05) is 22.9 Å². The molecule has 1 aromatic carbocycles. The molecule has 0 fully saturated rings. The fourth-order valence-electron chi connectivity index (χ4n) is 1.45. The van der Waals surface area contributed by atoms with E-state index in [1.807, 2.05) is 20.8 Å². The zero-order valence-electron chi connectivity index (χ0n) is 11.1. The van der Waals surface area contributed by atoms with Crippen LogP contribution in [-0.2, 0) is 10.0 Å². The van der Waals surface area contributed by atoms with E-state index in [4.69, 9.17) is 5.73 Å². The van der Waals surface area contributed by atoms with Crippen molar-refractivity contribution in [3.63, 3.8) is 0 Å². The van der Waals surface area contributed by atoms with Crippen molar-refractivity contribution in [2.24, 2.45) is 0 Å². The smallest absolute Gasteiger partial charge is 0.245 e. The zero-order chi connectivity index (χ0) is 14.1. The highest BCUT2D eigenvalue weighted by molar-refractivity contribution is 9.10. The first-order valence-corrected chi connectivity index (χ1v) is 7.90. The normalized spacial score (nSPS) is 13.0. The fraction of sp³-hybridized carbons (Fsp3) is 0.500. The zero-order valence-corrected chi connectivity index (χ0v) is 13.5. The van der Waals surface area contributed by atoms with Gasteiger partial charge in [-0.25, -0.2) is 8.42 Å². The summed E-state index contributed by atoms with van der Waals surface area (Å²) >= 11 is 3.26. The second-order valence-corrected chi connectivity index (χ2v) is 7.67. The number of hydrogen-bond donors (Lipinski definition) is 1. The topological polar surface area (TPSA) is 63.4 Å². The Labute approximate surface area is 117 Å². The summed E-state index contributed by atoms with van der Waals surface area (Å²) in [5.41, 5.74) is 5.60. The minimum absolute atomic E-state index is 0.148. The van der Waals surface area contributed by atoms with Gasteiger partial charge in [0.25, 0.3) is 0 Å². The highest BCUT2D eigenvalue weighted by Crippen LogP contribution is 2.29. The number of benzene rings is 1. The number of nitrogens with zero attached hydrogens (tertiary/aromatic N) is 1. The molecule has 1 rings (SSSR count). The van der Waals surface area contributed by atoms with E-state index in [9.17, 15) is 8.42 Å². The van der Waals surface area contributed by atoms with Gasteiger partial charge >= 0.3 is 0 Å². The lowest BCUT2D eigenvalue weighted by molar-refractivity contribution is 0.257. The molecule has 0 aliphatic carbocycles. The van der Waals surface area contributed by atoms with Crippen LogP contribution in [0, 0.1) is 0 Å². The molecule has 102 valence electrons. The molecule has 0 amide bonds. The molecule has 2 N–H and O–H groups in total. The number of halogens is 1. The van der Waals surface area contributed by atoms with Gasteiger partial charge in [0.2, 0.25) is 10.0 Å². The first-order valence-electron chi connectivity index (χ1n) is 5.67. The van der Waals surface area contributed by atoms with E-state index in [1.54, 1.807) is 19.2 Å². The van der Waals surface area contributed by atoms with Crippen LogP contribution in [0.4, 0.5) is 5.69 Å². The average molecular weight is 335 g/mol. The fourth-order valence-corrected chi connectivity index (χ4v) is 3.50. The molecule has 0 radical (unpaired) electrons. The van der Waals surface area contributed by atoms with Crippen LogP contribution in [0.3, 0.4) is 0 Å². The van der Waals surface area contributed by atoms with Crippen molar-refractivity contribution >= 4 is 31.6 Å². The Hall–Kier alpha value is -0.590. The Kier molecular flexibility index (Phi) is 4.46. The number of hydrogen-bond acceptors (Lipinski definition) is 3. The number of sulfonamides is 1. The first-order chi connectivity index (χ1) is 8.13. The van der Waals surface area contributed by atoms with Crippen molar-refractivity contribution in [1.29, 1.82) is 0 Å². The Morgan fingerprint density at radius 1 is 1.39 bits per heavy atom. The summed E-state index contributed by atoms with van der Waals surface area (Å²) in [5, 5.41) is 0. The standard InChI is InChI=1S/C12H19BrN2O2S/c1-5-12(2,3)15(4)18(16,17)11-7-6-9(13)8-10(11)14/h6-8H,5,14H2,1-4H3. The molecular formula is C12H19BrN2O2S. The van der Waals surface area contributed by atoms with E-state index in [2.05, 4.69) is 15.9 Å². The van der Waals surface area contributed by atoms with E-state index in [0.29, 0.717) is 0 Å². The molecule has 18 heavy (non-hydrogen) atoms. The Morgan fingerprint density at radius 3 is 2.39 bits per heavy atom.